The van der Waals surface area contributed by atoms with Gasteiger partial charge in [-0.1, -0.05) is 35.1 Å². The van der Waals surface area contributed by atoms with Crippen molar-refractivity contribution < 1.29 is 4.79 Å². The molecule has 0 unspecified atom stereocenters. The predicted octanol–water partition coefficient (Wildman–Crippen LogP) is 4.64. The summed E-state index contributed by atoms with van der Waals surface area (Å²) in [6.45, 7) is 1.35. The van der Waals surface area contributed by atoms with Crippen molar-refractivity contribution in [2.24, 2.45) is 0 Å². The lowest BCUT2D eigenvalue weighted by Gasteiger charge is -2.21. The summed E-state index contributed by atoms with van der Waals surface area (Å²) < 4.78 is 1.69. The van der Waals surface area contributed by atoms with Crippen molar-refractivity contribution in [1.82, 2.24) is 9.88 Å². The van der Waals surface area contributed by atoms with Crippen molar-refractivity contribution in [1.29, 1.82) is 0 Å². The number of hydrogen-bond acceptors (Lipinski definition) is 5. The van der Waals surface area contributed by atoms with Gasteiger partial charge in [0.25, 0.3) is 5.91 Å². The average Bonchev–Trinajstić information content (AvgIpc) is 3.12. The van der Waals surface area contributed by atoms with Gasteiger partial charge in [-0.3, -0.25) is 9.69 Å². The number of halogens is 2. The lowest BCUT2D eigenvalue weighted by Crippen LogP contribution is -2.36. The Hall–Kier alpha value is -1.18. The van der Waals surface area contributed by atoms with Crippen LogP contribution in [0.5, 0.6) is 0 Å². The highest BCUT2D eigenvalue weighted by atomic mass is 35.5. The highest BCUT2D eigenvalue weighted by molar-refractivity contribution is 7.22. The Kier molecular flexibility index (Phi) is 6.60. The number of benzene rings is 1. The molecule has 0 atom stereocenters. The third-order valence-electron chi connectivity index (χ3n) is 3.31. The Balaban J connectivity index is 0.00000208. The van der Waals surface area contributed by atoms with Crippen LogP contribution in [0.4, 0.5) is 5.13 Å². The van der Waals surface area contributed by atoms with Gasteiger partial charge in [0.2, 0.25) is 0 Å². The zero-order valence-electron chi connectivity index (χ0n) is 13.2. The number of thiophene rings is 1. The number of likely N-dealkylation sites (N-methyl/N-ethyl adjacent to an activating group) is 1. The number of hydrogen-bond donors (Lipinski definition) is 0. The van der Waals surface area contributed by atoms with Gasteiger partial charge in [-0.25, -0.2) is 4.98 Å². The van der Waals surface area contributed by atoms with Gasteiger partial charge in [-0.2, -0.15) is 0 Å². The summed E-state index contributed by atoms with van der Waals surface area (Å²) in [6.07, 6.45) is 0. The monoisotopic (exact) mass is 401 g/mol. The van der Waals surface area contributed by atoms with Crippen LogP contribution in [-0.4, -0.2) is 43.0 Å². The minimum Gasteiger partial charge on any atom is -0.308 e. The number of carbonyl (C=O) groups excluding carboxylic acids is 1. The fourth-order valence-corrected chi connectivity index (χ4v) is 4.10. The second kappa shape index (κ2) is 8.27. The second-order valence-corrected chi connectivity index (χ2v) is 8.05. The lowest BCUT2D eigenvalue weighted by molar-refractivity contribution is 0.0989. The molecule has 0 aliphatic carbocycles. The van der Waals surface area contributed by atoms with Crippen LogP contribution >= 0.6 is 46.7 Å². The van der Waals surface area contributed by atoms with Gasteiger partial charge in [-0.15, -0.1) is 23.7 Å². The molecule has 3 rings (SSSR count). The fraction of sp³-hybridized carbons (Fsp3) is 0.250. The summed E-state index contributed by atoms with van der Waals surface area (Å²) in [5, 5.41) is 0.725. The van der Waals surface area contributed by atoms with Crippen molar-refractivity contribution in [3.05, 3.63) is 45.6 Å². The molecule has 8 heteroatoms. The van der Waals surface area contributed by atoms with Crippen LogP contribution in [0.15, 0.2) is 36.4 Å². The van der Waals surface area contributed by atoms with E-state index in [9.17, 15) is 4.79 Å². The minimum atomic E-state index is -0.0530. The molecule has 1 amide bonds. The number of fused-ring (bicyclic) bond motifs is 1. The summed E-state index contributed by atoms with van der Waals surface area (Å²) in [7, 11) is 3.98. The first-order valence-electron chi connectivity index (χ1n) is 7.12. The third-order valence-corrected chi connectivity index (χ3v) is 5.59. The number of thiazole rings is 1. The first-order chi connectivity index (χ1) is 11.0. The number of nitrogens with zero attached hydrogens (tertiary/aromatic N) is 3. The van der Waals surface area contributed by atoms with Gasteiger partial charge in [0.15, 0.2) is 5.13 Å². The van der Waals surface area contributed by atoms with Crippen LogP contribution in [0.2, 0.25) is 4.34 Å². The van der Waals surface area contributed by atoms with E-state index < -0.39 is 0 Å². The maximum atomic E-state index is 12.9. The zero-order valence-corrected chi connectivity index (χ0v) is 16.4. The van der Waals surface area contributed by atoms with Crippen molar-refractivity contribution in [3.8, 4) is 0 Å². The summed E-state index contributed by atoms with van der Waals surface area (Å²) in [6, 6.07) is 11.4. The summed E-state index contributed by atoms with van der Waals surface area (Å²) >= 11 is 8.80. The first-order valence-corrected chi connectivity index (χ1v) is 9.13. The zero-order chi connectivity index (χ0) is 16.4. The first kappa shape index (κ1) is 19.1. The van der Waals surface area contributed by atoms with Gasteiger partial charge in [0, 0.05) is 13.1 Å². The quantitative estimate of drug-likeness (QED) is 0.624. The number of rotatable bonds is 5. The molecule has 0 N–H and O–H groups in total. The van der Waals surface area contributed by atoms with Gasteiger partial charge in [0.05, 0.1) is 19.4 Å². The van der Waals surface area contributed by atoms with E-state index in [1.807, 2.05) is 38.4 Å². The number of anilines is 1. The molecule has 0 fully saturated rings. The highest BCUT2D eigenvalue weighted by Gasteiger charge is 2.22. The van der Waals surface area contributed by atoms with Crippen LogP contribution in [-0.2, 0) is 0 Å². The maximum absolute atomic E-state index is 12.9. The van der Waals surface area contributed by atoms with E-state index in [0.29, 0.717) is 15.8 Å². The minimum absolute atomic E-state index is 0. The van der Waals surface area contributed by atoms with Crippen LogP contribution in [0.25, 0.3) is 10.2 Å². The molecule has 128 valence electrons. The van der Waals surface area contributed by atoms with Crippen LogP contribution in [0.1, 0.15) is 9.67 Å². The van der Waals surface area contributed by atoms with Crippen LogP contribution in [0.3, 0.4) is 0 Å². The molecule has 0 aliphatic heterocycles. The Morgan fingerprint density at radius 2 is 1.88 bits per heavy atom. The van der Waals surface area contributed by atoms with Crippen molar-refractivity contribution in [2.45, 2.75) is 0 Å². The molecule has 0 bridgehead atoms. The van der Waals surface area contributed by atoms with Crippen molar-refractivity contribution in [3.63, 3.8) is 0 Å². The van der Waals surface area contributed by atoms with Crippen LogP contribution in [0, 0.1) is 0 Å². The summed E-state index contributed by atoms with van der Waals surface area (Å²) in [4.78, 5) is 21.9. The third kappa shape index (κ3) is 4.26. The smallest absolute Gasteiger partial charge is 0.270 e. The SMILES string of the molecule is CN(C)CCN(C(=O)c1ccc(Cl)s1)c1nc2ccccc2s1.Cl. The van der Waals surface area contributed by atoms with E-state index in [1.54, 1.807) is 17.0 Å². The van der Waals surface area contributed by atoms with Crippen molar-refractivity contribution in [2.75, 3.05) is 32.1 Å². The summed E-state index contributed by atoms with van der Waals surface area (Å²) in [5.41, 5.74) is 0.916. The van der Waals surface area contributed by atoms with E-state index in [0.717, 1.165) is 21.9 Å². The van der Waals surface area contributed by atoms with Gasteiger partial charge >= 0.3 is 0 Å². The highest BCUT2D eigenvalue weighted by Crippen LogP contribution is 2.31. The van der Waals surface area contributed by atoms with E-state index >= 15 is 0 Å². The van der Waals surface area contributed by atoms with Crippen LogP contribution < -0.4 is 4.90 Å². The Bertz CT molecular complexity index is 798. The topological polar surface area (TPSA) is 36.4 Å². The molecule has 3 aromatic rings. The maximum Gasteiger partial charge on any atom is 0.270 e. The van der Waals surface area contributed by atoms with E-state index in [4.69, 9.17) is 11.6 Å². The molecule has 4 nitrogen and oxygen atoms in total. The van der Waals surface area contributed by atoms with E-state index in [2.05, 4.69) is 9.88 Å². The molecule has 0 spiro atoms. The Labute approximate surface area is 160 Å². The van der Waals surface area contributed by atoms with Crippen molar-refractivity contribution >= 4 is 67.9 Å². The standard InChI is InChI=1S/C16H16ClN3OS2.ClH/c1-19(2)9-10-20(15(21)13-7-8-14(17)22-13)16-18-11-5-3-4-6-12(11)23-16;/h3-8H,9-10H2,1-2H3;1H. The molecule has 0 saturated heterocycles. The molecule has 0 radical (unpaired) electrons. The molecule has 1 aromatic carbocycles. The Morgan fingerprint density at radius 1 is 1.12 bits per heavy atom. The molecule has 24 heavy (non-hydrogen) atoms. The summed E-state index contributed by atoms with van der Waals surface area (Å²) in [5.74, 6) is -0.0530. The van der Waals surface area contributed by atoms with Gasteiger partial charge < -0.3 is 4.90 Å². The Morgan fingerprint density at radius 3 is 2.50 bits per heavy atom. The average molecular weight is 402 g/mol. The predicted molar refractivity (Wildman–Crippen MR) is 106 cm³/mol. The molecule has 0 aliphatic rings. The fourth-order valence-electron chi connectivity index (χ4n) is 2.12. The van der Waals surface area contributed by atoms with E-state index in [-0.39, 0.29) is 18.3 Å². The molecular weight excluding hydrogens is 385 g/mol. The number of carbonyl (C=O) groups is 1. The lowest BCUT2D eigenvalue weighted by atomic mass is 10.3. The molecule has 2 aromatic heterocycles. The van der Waals surface area contributed by atoms with Gasteiger partial charge in [-0.05, 0) is 38.4 Å². The van der Waals surface area contributed by atoms with E-state index in [1.165, 1.54) is 22.7 Å². The molecule has 0 saturated carbocycles. The largest absolute Gasteiger partial charge is 0.308 e. The number of para-hydroxylation sites is 1. The number of amides is 1. The van der Waals surface area contributed by atoms with Gasteiger partial charge in [0.1, 0.15) is 0 Å². The molecular formula is C16H17Cl2N3OS2. The molecule has 2 heterocycles. The normalized spacial score (nSPS) is 10.8. The second-order valence-electron chi connectivity index (χ2n) is 5.33. The number of aromatic nitrogens is 1.